The molecule has 1 aliphatic heterocycles. The molecule has 3 rings (SSSR count). The van der Waals surface area contributed by atoms with E-state index in [2.05, 4.69) is 12.1 Å². The molecule has 0 radical (unpaired) electrons. The average molecular weight is 248 g/mol. The van der Waals surface area contributed by atoms with Crippen LogP contribution >= 0.6 is 21.6 Å². The maximum absolute atomic E-state index is 10.9. The molecule has 0 fully saturated rings. The lowest BCUT2D eigenvalue weighted by atomic mass is 10.0. The lowest BCUT2D eigenvalue weighted by Gasteiger charge is -2.21. The molecular formula is C12H8O2S2. The summed E-state index contributed by atoms with van der Waals surface area (Å²) in [5.41, 5.74) is 1.62. The van der Waals surface area contributed by atoms with Crippen LogP contribution in [0.3, 0.4) is 0 Å². The van der Waals surface area contributed by atoms with Gasteiger partial charge >= 0.3 is 5.97 Å². The molecule has 1 aromatic rings. The summed E-state index contributed by atoms with van der Waals surface area (Å²) in [4.78, 5) is 13.3. The molecule has 0 saturated carbocycles. The van der Waals surface area contributed by atoms with E-state index in [0.29, 0.717) is 5.57 Å². The van der Waals surface area contributed by atoms with Crippen LogP contribution in [0.1, 0.15) is 11.5 Å². The molecule has 4 heteroatoms. The summed E-state index contributed by atoms with van der Waals surface area (Å²) in [6, 6.07) is 8.16. The van der Waals surface area contributed by atoms with Crippen LogP contribution in [0.15, 0.2) is 51.8 Å². The molecule has 16 heavy (non-hydrogen) atoms. The van der Waals surface area contributed by atoms with Gasteiger partial charge in [-0.2, -0.15) is 0 Å². The highest BCUT2D eigenvalue weighted by Gasteiger charge is 2.29. The third-order valence-electron chi connectivity index (χ3n) is 2.68. The summed E-state index contributed by atoms with van der Waals surface area (Å²) >= 11 is 0. The van der Waals surface area contributed by atoms with Crippen molar-refractivity contribution >= 4 is 27.6 Å². The lowest BCUT2D eigenvalue weighted by molar-refractivity contribution is -0.132. The van der Waals surface area contributed by atoms with Crippen LogP contribution in [0.4, 0.5) is 0 Å². The predicted molar refractivity (Wildman–Crippen MR) is 66.4 cm³/mol. The molecule has 1 unspecified atom stereocenters. The van der Waals surface area contributed by atoms with Gasteiger partial charge < -0.3 is 5.11 Å². The first-order valence-corrected chi connectivity index (χ1v) is 7.01. The highest BCUT2D eigenvalue weighted by Crippen LogP contribution is 2.54. The Morgan fingerprint density at radius 1 is 1.25 bits per heavy atom. The van der Waals surface area contributed by atoms with Crippen LogP contribution in [0.5, 0.6) is 0 Å². The van der Waals surface area contributed by atoms with Crippen molar-refractivity contribution in [3.8, 4) is 0 Å². The second kappa shape index (κ2) is 3.71. The minimum atomic E-state index is -0.843. The van der Waals surface area contributed by atoms with Crippen molar-refractivity contribution in [3.63, 3.8) is 0 Å². The van der Waals surface area contributed by atoms with Crippen LogP contribution in [-0.2, 0) is 4.79 Å². The van der Waals surface area contributed by atoms with E-state index >= 15 is 0 Å². The van der Waals surface area contributed by atoms with Gasteiger partial charge in [0, 0.05) is 15.7 Å². The van der Waals surface area contributed by atoms with Gasteiger partial charge in [-0.1, -0.05) is 45.9 Å². The van der Waals surface area contributed by atoms with Gasteiger partial charge in [0.15, 0.2) is 0 Å². The van der Waals surface area contributed by atoms with Crippen LogP contribution in [0.2, 0.25) is 0 Å². The topological polar surface area (TPSA) is 37.3 Å². The molecule has 1 aromatic carbocycles. The van der Waals surface area contributed by atoms with Crippen LogP contribution in [0, 0.1) is 0 Å². The number of hydrogen-bond donors (Lipinski definition) is 1. The summed E-state index contributed by atoms with van der Waals surface area (Å²) < 4.78 is 0. The molecule has 0 bridgehead atoms. The zero-order valence-electron chi connectivity index (χ0n) is 8.21. The molecule has 1 heterocycles. The van der Waals surface area contributed by atoms with E-state index in [1.54, 1.807) is 27.7 Å². The van der Waals surface area contributed by atoms with E-state index in [4.69, 9.17) is 5.11 Å². The van der Waals surface area contributed by atoms with E-state index < -0.39 is 5.97 Å². The average Bonchev–Trinajstić information content (AvgIpc) is 2.73. The van der Waals surface area contributed by atoms with Crippen LogP contribution in [0.25, 0.3) is 0 Å². The van der Waals surface area contributed by atoms with E-state index in [1.165, 1.54) is 10.5 Å². The SMILES string of the molecule is O=C(O)C1=CC2C(=C1)SSc1ccccc12. The normalized spacial score (nSPS) is 21.9. The van der Waals surface area contributed by atoms with Gasteiger partial charge in [-0.25, -0.2) is 4.79 Å². The molecule has 1 N–H and O–H groups in total. The van der Waals surface area contributed by atoms with Crippen molar-refractivity contribution in [2.45, 2.75) is 10.8 Å². The molecule has 0 aromatic heterocycles. The standard InChI is InChI=1S/C12H8O2S2/c13-12(14)7-5-9-8-3-1-2-4-10(8)15-16-11(9)6-7/h1-6,9H,(H,13,14). The zero-order chi connectivity index (χ0) is 11.1. The summed E-state index contributed by atoms with van der Waals surface area (Å²) in [5.74, 6) is -0.696. The summed E-state index contributed by atoms with van der Waals surface area (Å²) in [5, 5.41) is 8.98. The molecule has 1 aliphatic carbocycles. The molecule has 2 nitrogen and oxygen atoms in total. The van der Waals surface area contributed by atoms with E-state index in [1.807, 2.05) is 18.2 Å². The quantitative estimate of drug-likeness (QED) is 0.773. The minimum absolute atomic E-state index is 0.147. The lowest BCUT2D eigenvalue weighted by Crippen LogP contribution is -1.99. The predicted octanol–water partition coefficient (Wildman–Crippen LogP) is 3.43. The Hall–Kier alpha value is -1.13. The fraction of sp³-hybridized carbons (Fsp3) is 0.0833. The third-order valence-corrected chi connectivity index (χ3v) is 5.24. The number of carboxylic acid groups (broad SMARTS) is 1. The molecule has 0 saturated heterocycles. The van der Waals surface area contributed by atoms with Crippen molar-refractivity contribution in [1.29, 1.82) is 0 Å². The van der Waals surface area contributed by atoms with Gasteiger partial charge in [0.05, 0.1) is 5.57 Å². The fourth-order valence-corrected chi connectivity index (χ4v) is 4.46. The van der Waals surface area contributed by atoms with Gasteiger partial charge in [-0.05, 0) is 17.7 Å². The number of fused-ring (bicyclic) bond motifs is 3. The number of rotatable bonds is 1. The number of allylic oxidation sites excluding steroid dienone is 2. The zero-order valence-corrected chi connectivity index (χ0v) is 9.85. The highest BCUT2D eigenvalue weighted by molar-refractivity contribution is 8.78. The smallest absolute Gasteiger partial charge is 0.335 e. The largest absolute Gasteiger partial charge is 0.478 e. The summed E-state index contributed by atoms with van der Waals surface area (Å²) in [7, 11) is 3.36. The van der Waals surface area contributed by atoms with Crippen molar-refractivity contribution in [3.05, 3.63) is 52.5 Å². The minimum Gasteiger partial charge on any atom is -0.478 e. The Morgan fingerprint density at radius 3 is 2.88 bits per heavy atom. The molecule has 0 spiro atoms. The second-order valence-corrected chi connectivity index (χ2v) is 5.90. The van der Waals surface area contributed by atoms with Crippen molar-refractivity contribution in [2.24, 2.45) is 0 Å². The molecular weight excluding hydrogens is 240 g/mol. The maximum atomic E-state index is 10.9. The van der Waals surface area contributed by atoms with Gasteiger partial charge in [0.2, 0.25) is 0 Å². The number of carbonyl (C=O) groups is 1. The molecule has 80 valence electrons. The first kappa shape index (κ1) is 10.1. The number of benzene rings is 1. The van der Waals surface area contributed by atoms with Crippen LogP contribution < -0.4 is 0 Å². The Bertz CT molecular complexity index is 532. The number of aliphatic carboxylic acids is 1. The fourth-order valence-electron chi connectivity index (χ4n) is 1.91. The Morgan fingerprint density at radius 2 is 2.06 bits per heavy atom. The van der Waals surface area contributed by atoms with E-state index in [-0.39, 0.29) is 5.92 Å². The first-order chi connectivity index (χ1) is 7.75. The summed E-state index contributed by atoms with van der Waals surface area (Å²) in [6.45, 7) is 0. The van der Waals surface area contributed by atoms with Crippen molar-refractivity contribution < 1.29 is 9.90 Å². The Kier molecular flexibility index (Phi) is 2.33. The van der Waals surface area contributed by atoms with Crippen molar-refractivity contribution in [1.82, 2.24) is 0 Å². The molecule has 0 amide bonds. The second-order valence-electron chi connectivity index (χ2n) is 3.66. The van der Waals surface area contributed by atoms with E-state index in [9.17, 15) is 4.79 Å². The Balaban J connectivity index is 2.09. The van der Waals surface area contributed by atoms with Gasteiger partial charge in [0.1, 0.15) is 0 Å². The third kappa shape index (κ3) is 1.49. The monoisotopic (exact) mass is 248 g/mol. The number of carboxylic acids is 1. The summed E-state index contributed by atoms with van der Waals surface area (Å²) in [6.07, 6.45) is 3.61. The highest BCUT2D eigenvalue weighted by atomic mass is 33.1. The van der Waals surface area contributed by atoms with Gasteiger partial charge in [-0.3, -0.25) is 0 Å². The Labute approximate surface area is 101 Å². The van der Waals surface area contributed by atoms with Gasteiger partial charge in [-0.15, -0.1) is 0 Å². The molecule has 1 atom stereocenters. The maximum Gasteiger partial charge on any atom is 0.335 e. The van der Waals surface area contributed by atoms with Crippen molar-refractivity contribution in [2.75, 3.05) is 0 Å². The van der Waals surface area contributed by atoms with Gasteiger partial charge in [0.25, 0.3) is 0 Å². The van der Waals surface area contributed by atoms with Crippen LogP contribution in [-0.4, -0.2) is 11.1 Å². The van der Waals surface area contributed by atoms with E-state index in [0.717, 1.165) is 4.91 Å². The number of hydrogen-bond acceptors (Lipinski definition) is 3. The first-order valence-electron chi connectivity index (χ1n) is 4.86. The molecule has 2 aliphatic rings.